The number of aliphatic carboxylic acids is 1. The molecule has 0 aliphatic heterocycles. The van der Waals surface area contributed by atoms with Crippen molar-refractivity contribution in [2.45, 2.75) is 12.8 Å². The molecular formula is C11H11N3O2. The van der Waals surface area contributed by atoms with Crippen molar-refractivity contribution >= 4 is 5.97 Å². The number of pyridine rings is 1. The molecule has 5 nitrogen and oxygen atoms in total. The second-order valence-corrected chi connectivity index (χ2v) is 3.31. The van der Waals surface area contributed by atoms with Crippen molar-refractivity contribution in [1.29, 1.82) is 0 Å². The van der Waals surface area contributed by atoms with Gasteiger partial charge in [-0.15, -0.1) is 0 Å². The molecule has 2 heterocycles. The third-order valence-corrected chi connectivity index (χ3v) is 2.22. The van der Waals surface area contributed by atoms with E-state index in [1.807, 2.05) is 22.9 Å². The van der Waals surface area contributed by atoms with Crippen LogP contribution in [-0.4, -0.2) is 25.6 Å². The van der Waals surface area contributed by atoms with Gasteiger partial charge in [0.1, 0.15) is 5.82 Å². The molecule has 2 rings (SSSR count). The Balaban J connectivity index is 2.23. The predicted octanol–water partition coefficient (Wildman–Crippen LogP) is 1.28. The quantitative estimate of drug-likeness (QED) is 0.837. The molecule has 0 amide bonds. The van der Waals surface area contributed by atoms with Gasteiger partial charge in [0.05, 0.1) is 6.42 Å². The SMILES string of the molecule is O=C(O)CCc1nccn1-c1ccncc1. The Hall–Kier alpha value is -2.17. The van der Waals surface area contributed by atoms with E-state index in [-0.39, 0.29) is 6.42 Å². The number of rotatable bonds is 4. The summed E-state index contributed by atoms with van der Waals surface area (Å²) in [7, 11) is 0. The van der Waals surface area contributed by atoms with Crippen LogP contribution < -0.4 is 0 Å². The summed E-state index contributed by atoms with van der Waals surface area (Å²) in [6.45, 7) is 0. The molecule has 0 radical (unpaired) electrons. The maximum atomic E-state index is 10.5. The summed E-state index contributed by atoms with van der Waals surface area (Å²) in [6, 6.07) is 3.71. The zero-order chi connectivity index (χ0) is 11.4. The fraction of sp³-hybridized carbons (Fsp3) is 0.182. The number of imidazole rings is 1. The number of carboxylic acids is 1. The van der Waals surface area contributed by atoms with Crippen LogP contribution >= 0.6 is 0 Å². The fourth-order valence-electron chi connectivity index (χ4n) is 1.48. The van der Waals surface area contributed by atoms with Gasteiger partial charge in [-0.05, 0) is 12.1 Å². The molecule has 82 valence electrons. The van der Waals surface area contributed by atoms with Crippen molar-refractivity contribution in [3.8, 4) is 5.69 Å². The summed E-state index contributed by atoms with van der Waals surface area (Å²) in [4.78, 5) is 18.6. The monoisotopic (exact) mass is 217 g/mol. The Bertz CT molecular complexity index is 479. The molecule has 5 heteroatoms. The Labute approximate surface area is 92.4 Å². The Morgan fingerprint density at radius 1 is 1.31 bits per heavy atom. The van der Waals surface area contributed by atoms with Crippen molar-refractivity contribution < 1.29 is 9.90 Å². The molecule has 0 aliphatic rings. The average molecular weight is 217 g/mol. The van der Waals surface area contributed by atoms with E-state index in [2.05, 4.69) is 9.97 Å². The maximum absolute atomic E-state index is 10.5. The van der Waals surface area contributed by atoms with Crippen LogP contribution in [0.2, 0.25) is 0 Å². The zero-order valence-electron chi connectivity index (χ0n) is 8.58. The summed E-state index contributed by atoms with van der Waals surface area (Å²) in [6.07, 6.45) is 7.36. The number of aryl methyl sites for hydroxylation is 1. The fourth-order valence-corrected chi connectivity index (χ4v) is 1.48. The van der Waals surface area contributed by atoms with Crippen LogP contribution in [0.3, 0.4) is 0 Å². The molecule has 2 aromatic rings. The van der Waals surface area contributed by atoms with E-state index in [4.69, 9.17) is 5.11 Å². The molecule has 16 heavy (non-hydrogen) atoms. The van der Waals surface area contributed by atoms with Crippen LogP contribution in [0, 0.1) is 0 Å². The Morgan fingerprint density at radius 3 is 2.75 bits per heavy atom. The number of aromatic nitrogens is 3. The molecule has 1 N–H and O–H groups in total. The summed E-state index contributed by atoms with van der Waals surface area (Å²) < 4.78 is 1.87. The second kappa shape index (κ2) is 4.57. The standard InChI is InChI=1S/C11H11N3O2/c15-11(16)2-1-10-13-7-8-14(10)9-3-5-12-6-4-9/h3-8H,1-2H2,(H,15,16). The number of carboxylic acid groups (broad SMARTS) is 1. The second-order valence-electron chi connectivity index (χ2n) is 3.31. The van der Waals surface area contributed by atoms with E-state index in [1.54, 1.807) is 18.6 Å². The van der Waals surface area contributed by atoms with E-state index in [0.29, 0.717) is 6.42 Å². The van der Waals surface area contributed by atoms with E-state index in [9.17, 15) is 4.79 Å². The van der Waals surface area contributed by atoms with Gasteiger partial charge in [-0.3, -0.25) is 9.78 Å². The molecule has 0 aliphatic carbocycles. The van der Waals surface area contributed by atoms with Crippen molar-refractivity contribution in [2.75, 3.05) is 0 Å². The summed E-state index contributed by atoms with van der Waals surface area (Å²) in [5, 5.41) is 8.63. The number of nitrogens with zero attached hydrogens (tertiary/aromatic N) is 3. The highest BCUT2D eigenvalue weighted by atomic mass is 16.4. The first-order valence-electron chi connectivity index (χ1n) is 4.92. The number of hydrogen-bond donors (Lipinski definition) is 1. The van der Waals surface area contributed by atoms with Gasteiger partial charge in [-0.1, -0.05) is 0 Å². The number of hydrogen-bond acceptors (Lipinski definition) is 3. The molecular weight excluding hydrogens is 206 g/mol. The van der Waals surface area contributed by atoms with E-state index in [1.165, 1.54) is 0 Å². The predicted molar refractivity (Wildman–Crippen MR) is 57.3 cm³/mol. The number of carbonyl (C=O) groups is 1. The van der Waals surface area contributed by atoms with Gasteiger partial charge in [0.25, 0.3) is 0 Å². The van der Waals surface area contributed by atoms with Crippen molar-refractivity contribution in [3.05, 3.63) is 42.7 Å². The largest absolute Gasteiger partial charge is 0.481 e. The average Bonchev–Trinajstić information content (AvgIpc) is 2.75. The van der Waals surface area contributed by atoms with Gasteiger partial charge in [0.2, 0.25) is 0 Å². The van der Waals surface area contributed by atoms with E-state index >= 15 is 0 Å². The minimum Gasteiger partial charge on any atom is -0.481 e. The van der Waals surface area contributed by atoms with E-state index in [0.717, 1.165) is 11.5 Å². The van der Waals surface area contributed by atoms with Crippen LogP contribution in [0.15, 0.2) is 36.9 Å². The molecule has 0 atom stereocenters. The molecule has 0 saturated heterocycles. The topological polar surface area (TPSA) is 68.0 Å². The lowest BCUT2D eigenvalue weighted by molar-refractivity contribution is -0.137. The minimum atomic E-state index is -0.815. The first-order chi connectivity index (χ1) is 7.77. The normalized spacial score (nSPS) is 10.2. The smallest absolute Gasteiger partial charge is 0.303 e. The molecule has 2 aromatic heterocycles. The Kier molecular flexibility index (Phi) is 2.95. The molecule has 0 fully saturated rings. The molecule has 0 unspecified atom stereocenters. The lowest BCUT2D eigenvalue weighted by Crippen LogP contribution is -2.04. The van der Waals surface area contributed by atoms with Crippen molar-refractivity contribution in [2.24, 2.45) is 0 Å². The molecule has 0 spiro atoms. The maximum Gasteiger partial charge on any atom is 0.303 e. The van der Waals surface area contributed by atoms with Gasteiger partial charge >= 0.3 is 5.97 Å². The van der Waals surface area contributed by atoms with Crippen molar-refractivity contribution in [1.82, 2.24) is 14.5 Å². The van der Waals surface area contributed by atoms with Crippen LogP contribution in [0.1, 0.15) is 12.2 Å². The van der Waals surface area contributed by atoms with Gasteiger partial charge in [0, 0.05) is 36.9 Å². The molecule has 0 saturated carbocycles. The van der Waals surface area contributed by atoms with Gasteiger partial charge < -0.3 is 9.67 Å². The van der Waals surface area contributed by atoms with Crippen LogP contribution in [0.4, 0.5) is 0 Å². The highest BCUT2D eigenvalue weighted by Gasteiger charge is 2.06. The lowest BCUT2D eigenvalue weighted by Gasteiger charge is -2.05. The Morgan fingerprint density at radius 2 is 2.06 bits per heavy atom. The lowest BCUT2D eigenvalue weighted by atomic mass is 10.3. The first kappa shape index (κ1) is 10.4. The third kappa shape index (κ3) is 2.25. The summed E-state index contributed by atoms with van der Waals surface area (Å²) >= 11 is 0. The third-order valence-electron chi connectivity index (χ3n) is 2.22. The van der Waals surface area contributed by atoms with Crippen LogP contribution in [0.5, 0.6) is 0 Å². The van der Waals surface area contributed by atoms with Crippen LogP contribution in [0.25, 0.3) is 5.69 Å². The van der Waals surface area contributed by atoms with Crippen LogP contribution in [-0.2, 0) is 11.2 Å². The highest BCUT2D eigenvalue weighted by molar-refractivity contribution is 5.66. The summed E-state index contributed by atoms with van der Waals surface area (Å²) in [5.41, 5.74) is 0.938. The van der Waals surface area contributed by atoms with Crippen molar-refractivity contribution in [3.63, 3.8) is 0 Å². The zero-order valence-corrected chi connectivity index (χ0v) is 8.58. The minimum absolute atomic E-state index is 0.0854. The van der Waals surface area contributed by atoms with Gasteiger partial charge in [-0.2, -0.15) is 0 Å². The van der Waals surface area contributed by atoms with Gasteiger partial charge in [0.15, 0.2) is 0 Å². The highest BCUT2D eigenvalue weighted by Crippen LogP contribution is 2.10. The summed E-state index contributed by atoms with van der Waals surface area (Å²) in [5.74, 6) is -0.0714. The van der Waals surface area contributed by atoms with E-state index < -0.39 is 5.97 Å². The first-order valence-corrected chi connectivity index (χ1v) is 4.92. The molecule has 0 bridgehead atoms. The van der Waals surface area contributed by atoms with Gasteiger partial charge in [-0.25, -0.2) is 4.98 Å². The molecule has 0 aromatic carbocycles.